The second-order valence-electron chi connectivity index (χ2n) is 7.61. The van der Waals surface area contributed by atoms with Gasteiger partial charge in [-0.25, -0.2) is 0 Å². The summed E-state index contributed by atoms with van der Waals surface area (Å²) in [7, 11) is 0. The van der Waals surface area contributed by atoms with Crippen LogP contribution in [0.3, 0.4) is 0 Å². The lowest BCUT2D eigenvalue weighted by atomic mass is 9.98. The number of anilines is 1. The van der Waals surface area contributed by atoms with Crippen LogP contribution in [0, 0.1) is 16.0 Å². The van der Waals surface area contributed by atoms with E-state index in [0.717, 1.165) is 32.5 Å². The maximum atomic E-state index is 12.9. The zero-order valence-electron chi connectivity index (χ0n) is 16.2. The molecule has 8 heteroatoms. The maximum Gasteiger partial charge on any atom is 0.293 e. The Kier molecular flexibility index (Phi) is 7.06. The van der Waals surface area contributed by atoms with E-state index in [9.17, 15) is 14.9 Å². The normalized spacial score (nSPS) is 23.7. The van der Waals surface area contributed by atoms with Crippen LogP contribution in [0.1, 0.15) is 44.0 Å². The number of nitro benzene ring substituents is 1. The van der Waals surface area contributed by atoms with Gasteiger partial charge in [0.1, 0.15) is 5.69 Å². The van der Waals surface area contributed by atoms with Gasteiger partial charge in [-0.05, 0) is 44.7 Å². The summed E-state index contributed by atoms with van der Waals surface area (Å²) < 4.78 is 0. The number of amides is 1. The predicted molar refractivity (Wildman–Crippen MR) is 109 cm³/mol. The molecule has 7 nitrogen and oxygen atoms in total. The van der Waals surface area contributed by atoms with Gasteiger partial charge in [-0.2, -0.15) is 0 Å². The van der Waals surface area contributed by atoms with E-state index in [-0.39, 0.29) is 41.0 Å². The molecule has 2 heterocycles. The summed E-state index contributed by atoms with van der Waals surface area (Å²) in [5.74, 6) is 0.523. The summed E-state index contributed by atoms with van der Waals surface area (Å²) in [4.78, 5) is 28.1. The first-order valence-electron chi connectivity index (χ1n) is 9.46. The van der Waals surface area contributed by atoms with Crippen molar-refractivity contribution in [3.8, 4) is 0 Å². The lowest BCUT2D eigenvalue weighted by Crippen LogP contribution is -2.57. The average Bonchev–Trinajstić information content (AvgIpc) is 2.63. The Balaban J connectivity index is 0.00000261. The number of piperazine rings is 1. The van der Waals surface area contributed by atoms with E-state index >= 15 is 0 Å². The number of nitrogens with zero attached hydrogens (tertiary/aromatic N) is 3. The Bertz CT molecular complexity index is 692. The number of nitro groups is 1. The van der Waals surface area contributed by atoms with Gasteiger partial charge in [0.05, 0.1) is 4.92 Å². The number of carbonyl (C=O) groups excluding carboxylic acids is 1. The highest BCUT2D eigenvalue weighted by atomic mass is 35.5. The topological polar surface area (TPSA) is 78.7 Å². The molecule has 0 spiro atoms. The summed E-state index contributed by atoms with van der Waals surface area (Å²) >= 11 is 0. The summed E-state index contributed by atoms with van der Waals surface area (Å²) in [6.07, 6.45) is 2.07. The molecule has 0 saturated carbocycles. The van der Waals surface area contributed by atoms with Crippen LogP contribution in [0.15, 0.2) is 18.2 Å². The molecular weight excluding hydrogens is 368 g/mol. The third kappa shape index (κ3) is 4.52. The molecule has 1 aromatic carbocycles. The lowest BCUT2D eigenvalue weighted by molar-refractivity contribution is -0.384. The van der Waals surface area contributed by atoms with Crippen LogP contribution in [0.2, 0.25) is 0 Å². The first kappa shape index (κ1) is 21.4. The van der Waals surface area contributed by atoms with Crippen molar-refractivity contribution >= 4 is 29.7 Å². The number of halogens is 1. The molecule has 2 fully saturated rings. The largest absolute Gasteiger partial charge is 0.366 e. The molecule has 2 saturated heterocycles. The van der Waals surface area contributed by atoms with Crippen LogP contribution in [0.5, 0.6) is 0 Å². The Morgan fingerprint density at radius 3 is 2.48 bits per heavy atom. The van der Waals surface area contributed by atoms with Crippen molar-refractivity contribution in [2.75, 3.05) is 31.1 Å². The third-order valence-electron chi connectivity index (χ3n) is 5.84. The Labute approximate surface area is 166 Å². The van der Waals surface area contributed by atoms with Crippen LogP contribution in [-0.4, -0.2) is 54.0 Å². The predicted octanol–water partition coefficient (Wildman–Crippen LogP) is 3.08. The molecule has 1 N–H and O–H groups in total. The smallest absolute Gasteiger partial charge is 0.293 e. The molecule has 1 aromatic rings. The zero-order chi connectivity index (χ0) is 18.8. The van der Waals surface area contributed by atoms with E-state index in [0.29, 0.717) is 23.7 Å². The Morgan fingerprint density at radius 2 is 1.85 bits per heavy atom. The zero-order valence-corrected chi connectivity index (χ0v) is 17.0. The van der Waals surface area contributed by atoms with Crippen LogP contribution < -0.4 is 10.2 Å². The van der Waals surface area contributed by atoms with Crippen molar-refractivity contribution in [3.63, 3.8) is 0 Å². The highest BCUT2D eigenvalue weighted by Gasteiger charge is 2.31. The van der Waals surface area contributed by atoms with Gasteiger partial charge in [0, 0.05) is 49.9 Å². The Morgan fingerprint density at radius 1 is 1.19 bits per heavy atom. The average molecular weight is 397 g/mol. The number of hydrogen-bond donors (Lipinski definition) is 1. The summed E-state index contributed by atoms with van der Waals surface area (Å²) in [6.45, 7) is 9.26. The number of rotatable bonds is 3. The minimum absolute atomic E-state index is 0. The fourth-order valence-electron chi connectivity index (χ4n) is 3.83. The number of nitrogens with one attached hydrogen (secondary N) is 1. The summed E-state index contributed by atoms with van der Waals surface area (Å²) in [5.41, 5.74) is 1.05. The van der Waals surface area contributed by atoms with Crippen molar-refractivity contribution in [2.45, 2.75) is 45.7 Å². The van der Waals surface area contributed by atoms with E-state index in [2.05, 4.69) is 17.1 Å². The molecule has 27 heavy (non-hydrogen) atoms. The second kappa shape index (κ2) is 8.89. The van der Waals surface area contributed by atoms with Gasteiger partial charge in [0.2, 0.25) is 0 Å². The van der Waals surface area contributed by atoms with Gasteiger partial charge < -0.3 is 15.1 Å². The fourth-order valence-corrected chi connectivity index (χ4v) is 3.83. The quantitative estimate of drug-likeness (QED) is 0.627. The van der Waals surface area contributed by atoms with Gasteiger partial charge >= 0.3 is 0 Å². The van der Waals surface area contributed by atoms with Crippen molar-refractivity contribution in [3.05, 3.63) is 33.9 Å². The van der Waals surface area contributed by atoms with Crippen LogP contribution >= 0.6 is 12.4 Å². The van der Waals surface area contributed by atoms with E-state index in [4.69, 9.17) is 0 Å². The van der Waals surface area contributed by atoms with Gasteiger partial charge in [0.25, 0.3) is 11.6 Å². The standard InChI is InChI=1S/C19H28N4O3.ClH/c1-13-6-9-21(10-7-13)17-5-4-16(12-18(17)23(25)26)19(24)22-11-8-20-14(2)15(22)3;/h4-5,12-15,20H,6-11H2,1-3H3;1H. The van der Waals surface area contributed by atoms with E-state index in [1.165, 1.54) is 6.07 Å². The molecular formula is C19H29ClN4O3. The molecule has 0 aliphatic carbocycles. The van der Waals surface area contributed by atoms with Crippen molar-refractivity contribution in [2.24, 2.45) is 5.92 Å². The summed E-state index contributed by atoms with van der Waals surface area (Å²) in [5, 5.41) is 15.0. The first-order chi connectivity index (χ1) is 12.4. The number of hydrogen-bond acceptors (Lipinski definition) is 5. The number of piperidine rings is 1. The molecule has 1 amide bonds. The van der Waals surface area contributed by atoms with E-state index in [1.807, 2.05) is 18.7 Å². The third-order valence-corrected chi connectivity index (χ3v) is 5.84. The minimum Gasteiger partial charge on any atom is -0.366 e. The van der Waals surface area contributed by atoms with Crippen molar-refractivity contribution < 1.29 is 9.72 Å². The first-order valence-corrected chi connectivity index (χ1v) is 9.46. The Hall–Kier alpha value is -1.86. The number of carbonyl (C=O) groups is 1. The molecule has 0 aromatic heterocycles. The molecule has 150 valence electrons. The lowest BCUT2D eigenvalue weighted by Gasteiger charge is -2.38. The van der Waals surface area contributed by atoms with E-state index < -0.39 is 0 Å². The van der Waals surface area contributed by atoms with Gasteiger partial charge in [-0.1, -0.05) is 6.92 Å². The minimum atomic E-state index is -0.367. The van der Waals surface area contributed by atoms with Crippen LogP contribution in [0.25, 0.3) is 0 Å². The van der Waals surface area contributed by atoms with Gasteiger partial charge in [0.15, 0.2) is 0 Å². The van der Waals surface area contributed by atoms with E-state index in [1.54, 1.807) is 12.1 Å². The number of benzene rings is 1. The van der Waals surface area contributed by atoms with Crippen molar-refractivity contribution in [1.29, 1.82) is 0 Å². The second-order valence-corrected chi connectivity index (χ2v) is 7.61. The maximum absolute atomic E-state index is 12.9. The molecule has 2 unspecified atom stereocenters. The van der Waals surface area contributed by atoms with Crippen LogP contribution in [-0.2, 0) is 0 Å². The van der Waals surface area contributed by atoms with Crippen molar-refractivity contribution in [1.82, 2.24) is 10.2 Å². The molecule has 3 rings (SSSR count). The fraction of sp³-hybridized carbons (Fsp3) is 0.632. The van der Waals surface area contributed by atoms with Crippen LogP contribution in [0.4, 0.5) is 11.4 Å². The highest BCUT2D eigenvalue weighted by Crippen LogP contribution is 2.33. The monoisotopic (exact) mass is 396 g/mol. The van der Waals surface area contributed by atoms with Gasteiger partial charge in [-0.3, -0.25) is 14.9 Å². The molecule has 2 aliphatic heterocycles. The van der Waals surface area contributed by atoms with Gasteiger partial charge in [-0.15, -0.1) is 12.4 Å². The molecule has 0 bridgehead atoms. The molecule has 0 radical (unpaired) electrons. The summed E-state index contributed by atoms with van der Waals surface area (Å²) in [6, 6.07) is 5.20. The SMILES string of the molecule is CC1CCN(c2ccc(C(=O)N3CCNC(C)C3C)cc2[N+](=O)[O-])CC1.Cl. The molecule has 2 aliphatic rings. The highest BCUT2D eigenvalue weighted by molar-refractivity contribution is 5.96. The molecule has 2 atom stereocenters.